The molecule has 0 bridgehead atoms. The molecule has 0 aliphatic carbocycles. The first kappa shape index (κ1) is 30.8. The summed E-state index contributed by atoms with van der Waals surface area (Å²) in [5, 5.41) is 8.02. The maximum Gasteiger partial charge on any atom is 0.312 e. The molecule has 11 heteroatoms. The fourth-order valence-electron chi connectivity index (χ4n) is 3.74. The topological polar surface area (TPSA) is 168 Å². The van der Waals surface area contributed by atoms with Crippen LogP contribution in [0.5, 0.6) is 0 Å². The van der Waals surface area contributed by atoms with Crippen molar-refractivity contribution >= 4 is 35.4 Å². The number of ketones is 1. The number of Topliss-reactive ketones (excluding diaryl/α,β-unsaturated/α-hetero) is 1. The molecule has 0 aromatic rings. The molecular weight excluding hydrogens is 466 g/mol. The summed E-state index contributed by atoms with van der Waals surface area (Å²) in [7, 11) is 0. The predicted octanol–water partition coefficient (Wildman–Crippen LogP) is 1.16. The Hall–Kier alpha value is -3.24. The third-order valence-electron chi connectivity index (χ3n) is 5.79. The molecule has 0 radical (unpaired) electrons. The summed E-state index contributed by atoms with van der Waals surface area (Å²) in [5.74, 6) is -1.73. The standard InChI is InChI=1S/C25H41N5O6/c1-16(2)21(29-18(31)11-7-6-8-15-30-19(32)12-13-20(30)33)23(35)28-17(22(34)25(3,4)5)10-9-14-27-24(26)36/h12-13,16-17,21H,6-11,14-15H2,1-5H3,(H,28,35)(H,29,31)(H3,26,27,36)/t17-,21-/m0/s1. The minimum absolute atomic E-state index is 0.145. The van der Waals surface area contributed by atoms with Gasteiger partial charge in [0.2, 0.25) is 11.8 Å². The molecule has 6 amide bonds. The number of hydrogen-bond donors (Lipinski definition) is 4. The fourth-order valence-corrected chi connectivity index (χ4v) is 3.74. The van der Waals surface area contributed by atoms with Crippen LogP contribution in [0, 0.1) is 11.3 Å². The Balaban J connectivity index is 2.59. The number of amides is 6. The summed E-state index contributed by atoms with van der Waals surface area (Å²) in [6.45, 7) is 9.50. The highest BCUT2D eigenvalue weighted by atomic mass is 16.2. The van der Waals surface area contributed by atoms with Crippen LogP contribution in [-0.2, 0) is 24.0 Å². The van der Waals surface area contributed by atoms with E-state index in [2.05, 4.69) is 16.0 Å². The van der Waals surface area contributed by atoms with E-state index in [1.807, 2.05) is 0 Å². The number of carbonyl (C=O) groups is 6. The molecular formula is C25H41N5O6. The van der Waals surface area contributed by atoms with Gasteiger partial charge in [-0.1, -0.05) is 41.0 Å². The van der Waals surface area contributed by atoms with Crippen LogP contribution in [0.3, 0.4) is 0 Å². The molecule has 0 aromatic heterocycles. The molecule has 5 N–H and O–H groups in total. The Kier molecular flexibility index (Phi) is 12.3. The van der Waals surface area contributed by atoms with Crippen molar-refractivity contribution in [2.75, 3.05) is 13.1 Å². The lowest BCUT2D eigenvalue weighted by Crippen LogP contribution is -2.55. The van der Waals surface area contributed by atoms with Crippen molar-refractivity contribution in [3.05, 3.63) is 12.2 Å². The van der Waals surface area contributed by atoms with Crippen molar-refractivity contribution in [2.24, 2.45) is 17.1 Å². The van der Waals surface area contributed by atoms with Gasteiger partial charge in [-0.3, -0.25) is 28.9 Å². The lowest BCUT2D eigenvalue weighted by molar-refractivity contribution is -0.137. The first-order valence-electron chi connectivity index (χ1n) is 12.4. The number of nitrogens with zero attached hydrogens (tertiary/aromatic N) is 1. The van der Waals surface area contributed by atoms with Gasteiger partial charge in [0.1, 0.15) is 6.04 Å². The van der Waals surface area contributed by atoms with Gasteiger partial charge < -0.3 is 21.7 Å². The summed E-state index contributed by atoms with van der Waals surface area (Å²) >= 11 is 0. The normalized spacial score (nSPS) is 15.1. The Morgan fingerprint density at radius 2 is 1.56 bits per heavy atom. The molecule has 0 unspecified atom stereocenters. The van der Waals surface area contributed by atoms with Gasteiger partial charge >= 0.3 is 6.03 Å². The molecule has 0 spiro atoms. The third kappa shape index (κ3) is 10.6. The fraction of sp³-hybridized carbons (Fsp3) is 0.680. The molecule has 2 atom stereocenters. The van der Waals surface area contributed by atoms with E-state index in [-0.39, 0.29) is 42.4 Å². The van der Waals surface area contributed by atoms with E-state index in [9.17, 15) is 28.8 Å². The second-order valence-electron chi connectivity index (χ2n) is 10.4. The molecule has 1 rings (SSSR count). The summed E-state index contributed by atoms with van der Waals surface area (Å²) in [6, 6.07) is -2.24. The first-order valence-corrected chi connectivity index (χ1v) is 12.4. The highest BCUT2D eigenvalue weighted by Gasteiger charge is 2.33. The predicted molar refractivity (Wildman–Crippen MR) is 134 cm³/mol. The van der Waals surface area contributed by atoms with Gasteiger partial charge in [0.25, 0.3) is 11.8 Å². The average Bonchev–Trinajstić information content (AvgIpc) is 3.09. The Bertz CT molecular complexity index is 843. The Morgan fingerprint density at radius 3 is 2.08 bits per heavy atom. The van der Waals surface area contributed by atoms with Crippen LogP contribution in [0.2, 0.25) is 0 Å². The lowest BCUT2D eigenvalue weighted by atomic mass is 9.84. The zero-order valence-corrected chi connectivity index (χ0v) is 22.0. The van der Waals surface area contributed by atoms with E-state index in [0.717, 1.165) is 0 Å². The molecule has 202 valence electrons. The maximum atomic E-state index is 13.0. The molecule has 1 aliphatic rings. The van der Waals surface area contributed by atoms with Crippen LogP contribution < -0.4 is 21.7 Å². The van der Waals surface area contributed by atoms with Crippen LogP contribution in [0.1, 0.15) is 73.1 Å². The number of unbranched alkanes of at least 4 members (excludes halogenated alkanes) is 2. The molecule has 1 aliphatic heterocycles. The van der Waals surface area contributed by atoms with Crippen LogP contribution in [0.25, 0.3) is 0 Å². The molecule has 0 saturated heterocycles. The van der Waals surface area contributed by atoms with E-state index in [0.29, 0.717) is 38.6 Å². The van der Waals surface area contributed by atoms with E-state index >= 15 is 0 Å². The maximum absolute atomic E-state index is 13.0. The highest BCUT2D eigenvalue weighted by Crippen LogP contribution is 2.19. The van der Waals surface area contributed by atoms with Gasteiger partial charge in [-0.25, -0.2) is 4.79 Å². The van der Waals surface area contributed by atoms with Crippen molar-refractivity contribution in [3.8, 4) is 0 Å². The van der Waals surface area contributed by atoms with E-state index in [1.165, 1.54) is 17.1 Å². The van der Waals surface area contributed by atoms with Crippen LogP contribution in [0.15, 0.2) is 12.2 Å². The molecule has 0 fully saturated rings. The van der Waals surface area contributed by atoms with E-state index in [4.69, 9.17) is 5.73 Å². The summed E-state index contributed by atoms with van der Waals surface area (Å²) in [4.78, 5) is 73.6. The molecule has 36 heavy (non-hydrogen) atoms. The number of urea groups is 1. The Morgan fingerprint density at radius 1 is 0.944 bits per heavy atom. The molecule has 0 aromatic carbocycles. The van der Waals surface area contributed by atoms with Gasteiger partial charge in [-0.05, 0) is 31.6 Å². The van der Waals surface area contributed by atoms with Crippen molar-refractivity contribution < 1.29 is 28.8 Å². The van der Waals surface area contributed by atoms with Gasteiger partial charge in [-0.15, -0.1) is 0 Å². The van der Waals surface area contributed by atoms with Crippen LogP contribution >= 0.6 is 0 Å². The van der Waals surface area contributed by atoms with Gasteiger partial charge in [-0.2, -0.15) is 0 Å². The van der Waals surface area contributed by atoms with Gasteiger partial charge in [0.05, 0.1) is 6.04 Å². The number of carbonyl (C=O) groups excluding carboxylic acids is 6. The van der Waals surface area contributed by atoms with Crippen molar-refractivity contribution in [1.82, 2.24) is 20.9 Å². The summed E-state index contributed by atoms with van der Waals surface area (Å²) < 4.78 is 0. The van der Waals surface area contributed by atoms with Gasteiger partial charge in [0, 0.05) is 37.1 Å². The van der Waals surface area contributed by atoms with Crippen LogP contribution in [-0.4, -0.2) is 65.5 Å². The molecule has 0 saturated carbocycles. The first-order chi connectivity index (χ1) is 16.7. The average molecular weight is 508 g/mol. The highest BCUT2D eigenvalue weighted by molar-refractivity contribution is 6.12. The molecule has 1 heterocycles. The zero-order chi connectivity index (χ0) is 27.5. The van der Waals surface area contributed by atoms with Gasteiger partial charge in [0.15, 0.2) is 5.78 Å². The number of nitrogens with one attached hydrogen (secondary N) is 3. The summed E-state index contributed by atoms with van der Waals surface area (Å²) in [5.41, 5.74) is 4.38. The van der Waals surface area contributed by atoms with E-state index < -0.39 is 29.4 Å². The number of primary amides is 1. The number of rotatable bonds is 15. The third-order valence-corrected chi connectivity index (χ3v) is 5.79. The monoisotopic (exact) mass is 507 g/mol. The molecule has 11 nitrogen and oxygen atoms in total. The van der Waals surface area contributed by atoms with Crippen LogP contribution in [0.4, 0.5) is 4.79 Å². The smallest absolute Gasteiger partial charge is 0.312 e. The SMILES string of the molecule is CC(C)[C@H](NC(=O)CCCCCN1C(=O)C=CC1=O)C(=O)N[C@@H](CCCNC(N)=O)C(=O)C(C)(C)C. The zero-order valence-electron chi connectivity index (χ0n) is 22.0. The number of hydrogen-bond acceptors (Lipinski definition) is 6. The van der Waals surface area contributed by atoms with Crippen molar-refractivity contribution in [3.63, 3.8) is 0 Å². The van der Waals surface area contributed by atoms with Crippen molar-refractivity contribution in [1.29, 1.82) is 0 Å². The summed E-state index contributed by atoms with van der Waals surface area (Å²) in [6.07, 6.45) is 5.21. The minimum atomic E-state index is -0.817. The van der Waals surface area contributed by atoms with E-state index in [1.54, 1.807) is 34.6 Å². The lowest BCUT2D eigenvalue weighted by Gasteiger charge is -2.28. The number of imide groups is 1. The number of nitrogens with two attached hydrogens (primary N) is 1. The largest absolute Gasteiger partial charge is 0.352 e. The minimum Gasteiger partial charge on any atom is -0.352 e. The second-order valence-corrected chi connectivity index (χ2v) is 10.4. The second kappa shape index (κ2) is 14.4. The van der Waals surface area contributed by atoms with Crippen molar-refractivity contribution in [2.45, 2.75) is 85.2 Å². The Labute approximate surface area is 213 Å². The quantitative estimate of drug-likeness (QED) is 0.192.